The highest BCUT2D eigenvalue weighted by atomic mass is 35.5. The molecule has 2 atom stereocenters. The zero-order valence-electron chi connectivity index (χ0n) is 12.1. The summed E-state index contributed by atoms with van der Waals surface area (Å²) in [7, 11) is 0. The van der Waals surface area contributed by atoms with Gasteiger partial charge < -0.3 is 14.6 Å². The number of benzene rings is 2. The molecule has 6 heteroatoms. The number of fused-ring (bicyclic) bond motifs is 1. The summed E-state index contributed by atoms with van der Waals surface area (Å²) in [6.07, 6.45) is 1.86. The monoisotopic (exact) mass is 327 g/mol. The van der Waals surface area contributed by atoms with Crippen LogP contribution in [0.2, 0.25) is 5.02 Å². The predicted octanol–water partition coefficient (Wildman–Crippen LogP) is 3.32. The van der Waals surface area contributed by atoms with Gasteiger partial charge >= 0.3 is 0 Å². The molecule has 1 aliphatic heterocycles. The van der Waals surface area contributed by atoms with Crippen LogP contribution in [0.15, 0.2) is 48.8 Å². The Balaban J connectivity index is 1.78. The van der Waals surface area contributed by atoms with Crippen molar-refractivity contribution in [2.75, 3.05) is 11.5 Å². The van der Waals surface area contributed by atoms with E-state index in [-0.39, 0.29) is 6.04 Å². The number of nitrogens with zero attached hydrogens (tertiary/aromatic N) is 2. The minimum Gasteiger partial charge on any atom is -0.349 e. The molecule has 23 heavy (non-hydrogen) atoms. The third kappa shape index (κ3) is 2.48. The van der Waals surface area contributed by atoms with E-state index in [1.807, 2.05) is 47.4 Å². The van der Waals surface area contributed by atoms with E-state index >= 15 is 0 Å². The molecule has 0 spiro atoms. The number of ether oxygens (including phenoxy) is 1. The number of carbonyl (C=O) groups excluding carboxylic acids is 1. The van der Waals surface area contributed by atoms with Gasteiger partial charge in [0, 0.05) is 10.7 Å². The Morgan fingerprint density at radius 2 is 2.22 bits per heavy atom. The number of carbonyl (C=O) groups is 1. The van der Waals surface area contributed by atoms with E-state index in [9.17, 15) is 4.79 Å². The number of aromatic nitrogens is 2. The Hall–Kier alpha value is -2.37. The second kappa shape index (κ2) is 5.68. The molecule has 2 aromatic carbocycles. The minimum atomic E-state index is -0.612. The average molecular weight is 328 g/mol. The fourth-order valence-corrected chi connectivity index (χ4v) is 3.21. The highest BCUT2D eigenvalue weighted by molar-refractivity contribution is 6.30. The van der Waals surface area contributed by atoms with E-state index in [4.69, 9.17) is 16.3 Å². The van der Waals surface area contributed by atoms with Crippen molar-refractivity contribution >= 4 is 34.6 Å². The fraction of sp³-hybridized carbons (Fsp3) is 0.176. The summed E-state index contributed by atoms with van der Waals surface area (Å²) in [5, 5.41) is 0.668. The molecule has 1 saturated heterocycles. The number of aromatic amines is 1. The van der Waals surface area contributed by atoms with Crippen LogP contribution in [-0.4, -0.2) is 29.1 Å². The van der Waals surface area contributed by atoms with Crippen molar-refractivity contribution in [3.63, 3.8) is 0 Å². The van der Waals surface area contributed by atoms with Crippen LogP contribution >= 0.6 is 11.6 Å². The largest absolute Gasteiger partial charge is 0.349 e. The summed E-state index contributed by atoms with van der Waals surface area (Å²) in [5.41, 5.74) is 3.73. The number of halogens is 1. The highest BCUT2D eigenvalue weighted by Gasteiger charge is 2.35. The van der Waals surface area contributed by atoms with E-state index in [2.05, 4.69) is 9.97 Å². The molecule has 0 saturated carbocycles. The quantitative estimate of drug-likeness (QED) is 0.750. The lowest BCUT2D eigenvalue weighted by atomic mass is 10.1. The Morgan fingerprint density at radius 3 is 3.04 bits per heavy atom. The molecule has 1 aromatic heterocycles. The van der Waals surface area contributed by atoms with Crippen molar-refractivity contribution in [3.8, 4) is 0 Å². The molecule has 0 aliphatic carbocycles. The Morgan fingerprint density at radius 1 is 1.30 bits per heavy atom. The number of aldehydes is 1. The highest BCUT2D eigenvalue weighted by Crippen LogP contribution is 2.36. The summed E-state index contributed by atoms with van der Waals surface area (Å²) in [6.45, 7) is 0.435. The van der Waals surface area contributed by atoms with E-state index in [1.54, 1.807) is 6.33 Å². The lowest BCUT2D eigenvalue weighted by molar-refractivity contribution is -0.115. The first kappa shape index (κ1) is 14.2. The Labute approximate surface area is 137 Å². The van der Waals surface area contributed by atoms with Crippen molar-refractivity contribution in [2.24, 2.45) is 0 Å². The molecule has 0 bridgehead atoms. The van der Waals surface area contributed by atoms with Gasteiger partial charge in [0.2, 0.25) is 0 Å². The summed E-state index contributed by atoms with van der Waals surface area (Å²) < 4.78 is 5.66. The topological polar surface area (TPSA) is 58.2 Å². The van der Waals surface area contributed by atoms with E-state index in [1.165, 1.54) is 0 Å². The van der Waals surface area contributed by atoms with Crippen molar-refractivity contribution in [1.82, 2.24) is 9.97 Å². The number of rotatable bonds is 3. The maximum atomic E-state index is 11.4. The molecule has 1 aliphatic rings. The maximum absolute atomic E-state index is 11.4. The SMILES string of the molecule is O=CC1OC[C@H](c2cccc(Cl)c2)N1c1ccc2nc[nH]c2c1. The third-order valence-electron chi connectivity index (χ3n) is 4.09. The molecule has 0 amide bonds. The van der Waals surface area contributed by atoms with Gasteiger partial charge in [-0.2, -0.15) is 0 Å². The molecular weight excluding hydrogens is 314 g/mol. The van der Waals surface area contributed by atoms with Crippen LogP contribution in [0.4, 0.5) is 5.69 Å². The lowest BCUT2D eigenvalue weighted by Gasteiger charge is -2.28. The number of hydrogen-bond donors (Lipinski definition) is 1. The number of imidazole rings is 1. The van der Waals surface area contributed by atoms with Crippen LogP contribution in [-0.2, 0) is 9.53 Å². The molecule has 3 aromatic rings. The first-order valence-electron chi connectivity index (χ1n) is 7.30. The van der Waals surface area contributed by atoms with E-state index in [0.717, 1.165) is 28.6 Å². The Bertz CT molecular complexity index is 864. The molecular formula is C17H14ClN3O2. The number of H-pyrrole nitrogens is 1. The normalized spacial score (nSPS) is 21.0. The van der Waals surface area contributed by atoms with Crippen LogP contribution in [0.5, 0.6) is 0 Å². The van der Waals surface area contributed by atoms with Crippen molar-refractivity contribution < 1.29 is 9.53 Å². The molecule has 1 N–H and O–H groups in total. The molecule has 0 radical (unpaired) electrons. The first-order valence-corrected chi connectivity index (χ1v) is 7.68. The van der Waals surface area contributed by atoms with Gasteiger partial charge in [0.1, 0.15) is 0 Å². The van der Waals surface area contributed by atoms with Gasteiger partial charge in [-0.1, -0.05) is 23.7 Å². The molecule has 5 nitrogen and oxygen atoms in total. The summed E-state index contributed by atoms with van der Waals surface area (Å²) in [5.74, 6) is 0. The molecule has 1 fully saturated rings. The van der Waals surface area contributed by atoms with Gasteiger partial charge in [-0.15, -0.1) is 0 Å². The van der Waals surface area contributed by atoms with Crippen LogP contribution in [0.3, 0.4) is 0 Å². The zero-order chi connectivity index (χ0) is 15.8. The fourth-order valence-electron chi connectivity index (χ4n) is 3.01. The van der Waals surface area contributed by atoms with Gasteiger partial charge in [-0.3, -0.25) is 4.79 Å². The van der Waals surface area contributed by atoms with Gasteiger partial charge in [0.05, 0.1) is 30.0 Å². The first-order chi connectivity index (χ1) is 11.3. The van der Waals surface area contributed by atoms with E-state index in [0.29, 0.717) is 11.6 Å². The van der Waals surface area contributed by atoms with Crippen LogP contribution in [0.1, 0.15) is 11.6 Å². The van der Waals surface area contributed by atoms with Gasteiger partial charge in [0.25, 0.3) is 0 Å². The minimum absolute atomic E-state index is 0.0655. The second-order valence-corrected chi connectivity index (χ2v) is 5.88. The molecule has 2 heterocycles. The van der Waals surface area contributed by atoms with Gasteiger partial charge in [-0.05, 0) is 35.9 Å². The van der Waals surface area contributed by atoms with Crippen molar-refractivity contribution in [3.05, 3.63) is 59.4 Å². The van der Waals surface area contributed by atoms with Crippen LogP contribution < -0.4 is 4.90 Å². The number of nitrogens with one attached hydrogen (secondary N) is 1. The second-order valence-electron chi connectivity index (χ2n) is 5.44. The molecule has 116 valence electrons. The standard InChI is InChI=1S/C17H14ClN3O2/c18-12-3-1-2-11(6-12)16-9-23-17(8-22)21(16)13-4-5-14-15(7-13)20-10-19-14/h1-8,10,16-17H,9H2,(H,19,20)/t16-,17?/m1/s1. The zero-order valence-corrected chi connectivity index (χ0v) is 12.9. The molecule has 4 rings (SSSR count). The average Bonchev–Trinajstić information content (AvgIpc) is 3.20. The van der Waals surface area contributed by atoms with Crippen LogP contribution in [0, 0.1) is 0 Å². The third-order valence-corrected chi connectivity index (χ3v) is 4.32. The molecule has 1 unspecified atom stereocenters. The van der Waals surface area contributed by atoms with Crippen LogP contribution in [0.25, 0.3) is 11.0 Å². The number of hydrogen-bond acceptors (Lipinski definition) is 4. The summed E-state index contributed by atoms with van der Waals surface area (Å²) >= 11 is 6.11. The number of anilines is 1. The lowest BCUT2D eigenvalue weighted by Crippen LogP contribution is -2.33. The van der Waals surface area contributed by atoms with Crippen molar-refractivity contribution in [2.45, 2.75) is 12.3 Å². The smallest absolute Gasteiger partial charge is 0.187 e. The summed E-state index contributed by atoms with van der Waals surface area (Å²) in [4.78, 5) is 20.7. The Kier molecular flexibility index (Phi) is 3.52. The van der Waals surface area contributed by atoms with Gasteiger partial charge in [-0.25, -0.2) is 4.98 Å². The maximum Gasteiger partial charge on any atom is 0.187 e. The summed E-state index contributed by atoms with van der Waals surface area (Å²) in [6, 6.07) is 13.4. The van der Waals surface area contributed by atoms with Gasteiger partial charge in [0.15, 0.2) is 12.5 Å². The van der Waals surface area contributed by atoms with Crippen molar-refractivity contribution in [1.29, 1.82) is 0 Å². The van der Waals surface area contributed by atoms with E-state index < -0.39 is 6.23 Å². The predicted molar refractivity (Wildman–Crippen MR) is 88.6 cm³/mol.